The Morgan fingerprint density at radius 2 is 1.88 bits per heavy atom. The first kappa shape index (κ1) is 20.8. The molecule has 0 aromatic rings. The predicted molar refractivity (Wildman–Crippen MR) is 82.3 cm³/mol. The summed E-state index contributed by atoms with van der Waals surface area (Å²) in [6.45, 7) is 4.77. The van der Waals surface area contributed by atoms with Gasteiger partial charge in [-0.25, -0.2) is 14.6 Å². The Bertz CT molecular complexity index is 569. The first-order valence-electron chi connectivity index (χ1n) is 7.37. The third kappa shape index (κ3) is 5.98. The highest BCUT2D eigenvalue weighted by atomic mass is 19.4. The van der Waals surface area contributed by atoms with Gasteiger partial charge in [0.2, 0.25) is 0 Å². The van der Waals surface area contributed by atoms with E-state index in [0.717, 1.165) is 11.9 Å². The molecule has 0 aliphatic carbocycles. The maximum absolute atomic E-state index is 14.0. The van der Waals surface area contributed by atoms with E-state index in [-0.39, 0.29) is 13.0 Å². The lowest BCUT2D eigenvalue weighted by molar-refractivity contribution is -0.126. The number of alkyl halides is 4. The van der Waals surface area contributed by atoms with Crippen LogP contribution in [0.5, 0.6) is 0 Å². The fourth-order valence-corrected chi connectivity index (χ4v) is 2.07. The highest BCUT2D eigenvalue weighted by Crippen LogP contribution is 2.24. The van der Waals surface area contributed by atoms with Crippen LogP contribution in [0.2, 0.25) is 0 Å². The second kappa shape index (κ2) is 7.79. The average molecular weight is 368 g/mol. The summed E-state index contributed by atoms with van der Waals surface area (Å²) in [5.41, 5.74) is -0.363. The topological polar surface area (TPSA) is 83.4 Å². The first-order chi connectivity index (χ1) is 11.4. The number of carbonyl (C=O) groups excluding carboxylic acids is 2. The van der Waals surface area contributed by atoms with Crippen LogP contribution < -0.4 is 5.43 Å². The van der Waals surface area contributed by atoms with Crippen LogP contribution in [0.4, 0.5) is 22.4 Å². The van der Waals surface area contributed by atoms with Crippen LogP contribution in [0.3, 0.4) is 0 Å². The quantitative estimate of drug-likeness (QED) is 0.470. The number of halogens is 4. The van der Waals surface area contributed by atoms with Crippen LogP contribution in [0.25, 0.3) is 0 Å². The summed E-state index contributed by atoms with van der Waals surface area (Å²) in [6, 6.07) is -1.53. The van der Waals surface area contributed by atoms with Crippen molar-refractivity contribution in [2.75, 3.05) is 13.6 Å². The number of likely N-dealkylation sites (tertiary alicyclic amines) is 1. The zero-order chi connectivity index (χ0) is 19.4. The van der Waals surface area contributed by atoms with Crippen LogP contribution in [-0.4, -0.2) is 66.4 Å². The second-order valence-electron chi connectivity index (χ2n) is 6.26. The summed E-state index contributed by atoms with van der Waals surface area (Å²) >= 11 is 0. The lowest BCUT2D eigenvalue weighted by Crippen LogP contribution is -2.49. The molecule has 0 saturated carbocycles. The number of hydrazone groups is 1. The van der Waals surface area contributed by atoms with E-state index in [9.17, 15) is 27.2 Å². The van der Waals surface area contributed by atoms with Crippen molar-refractivity contribution in [1.82, 2.24) is 10.3 Å². The summed E-state index contributed by atoms with van der Waals surface area (Å²) in [5, 5.41) is 3.14. The molecule has 0 aromatic heterocycles. The van der Waals surface area contributed by atoms with Gasteiger partial charge in [0.1, 0.15) is 17.8 Å². The van der Waals surface area contributed by atoms with Crippen LogP contribution in [-0.2, 0) is 9.53 Å². The van der Waals surface area contributed by atoms with E-state index in [2.05, 4.69) is 10.1 Å². The molecule has 25 heavy (non-hydrogen) atoms. The lowest BCUT2D eigenvalue weighted by atomic mass is 10.2. The Balaban J connectivity index is 2.79. The Morgan fingerprint density at radius 1 is 1.28 bits per heavy atom. The van der Waals surface area contributed by atoms with E-state index in [4.69, 9.17) is 4.74 Å². The molecule has 7 nitrogen and oxygen atoms in total. The zero-order valence-electron chi connectivity index (χ0n) is 14.2. The molecule has 2 atom stereocenters. The third-order valence-electron chi connectivity index (χ3n) is 3.11. The minimum atomic E-state index is -4.73. The zero-order valence-corrected chi connectivity index (χ0v) is 14.2. The Hall–Kier alpha value is -2.20. The third-order valence-corrected chi connectivity index (χ3v) is 3.11. The molecule has 2 amide bonds. The maximum atomic E-state index is 14.0. The largest absolute Gasteiger partial charge is 0.444 e. The minimum absolute atomic E-state index is 0.0535. The molecule has 1 heterocycles. The summed E-state index contributed by atoms with van der Waals surface area (Å²) in [5.74, 6) is -1.05. The van der Waals surface area contributed by atoms with E-state index in [1.807, 2.05) is 0 Å². The van der Waals surface area contributed by atoms with Gasteiger partial charge in [0.15, 0.2) is 5.71 Å². The molecule has 1 N–H and O–H groups in total. The molecule has 11 heteroatoms. The van der Waals surface area contributed by atoms with Gasteiger partial charge in [0.05, 0.1) is 6.21 Å². The highest BCUT2D eigenvalue weighted by molar-refractivity contribution is 6.33. The number of ether oxygens (including phenoxy) is 1. The SMILES string of the molecule is CN=C(/C=N\NC(=O)[C@@H]1[C@@H](F)CCN1C(=O)OC(C)(C)C)C(F)(F)F. The smallest absolute Gasteiger partial charge is 0.434 e. The molecule has 1 aliphatic heterocycles. The van der Waals surface area contributed by atoms with E-state index in [0.29, 0.717) is 6.21 Å². The molecule has 0 aromatic carbocycles. The molecule has 1 rings (SSSR count). The monoisotopic (exact) mass is 368 g/mol. The number of rotatable bonds is 3. The lowest BCUT2D eigenvalue weighted by Gasteiger charge is -2.27. The fraction of sp³-hybridized carbons (Fsp3) is 0.714. The normalized spacial score (nSPS) is 22.4. The van der Waals surface area contributed by atoms with Gasteiger partial charge in [0, 0.05) is 13.6 Å². The van der Waals surface area contributed by atoms with E-state index in [1.54, 1.807) is 26.2 Å². The molecule has 142 valence electrons. The highest BCUT2D eigenvalue weighted by Gasteiger charge is 2.44. The van der Waals surface area contributed by atoms with E-state index < -0.39 is 41.7 Å². The molecule has 1 fully saturated rings. The first-order valence-corrected chi connectivity index (χ1v) is 7.37. The number of carbonyl (C=O) groups is 2. The number of nitrogens with one attached hydrogen (secondary N) is 1. The maximum Gasteiger partial charge on any atom is 0.434 e. The summed E-state index contributed by atoms with van der Waals surface area (Å²) in [7, 11) is 0.912. The molecule has 0 bridgehead atoms. The molecular formula is C14H20F4N4O3. The summed E-state index contributed by atoms with van der Waals surface area (Å²) in [4.78, 5) is 27.9. The van der Waals surface area contributed by atoms with Gasteiger partial charge in [-0.05, 0) is 27.2 Å². The summed E-state index contributed by atoms with van der Waals surface area (Å²) in [6.07, 6.45) is -7.09. The number of amides is 2. The number of hydrogen-bond acceptors (Lipinski definition) is 5. The molecular weight excluding hydrogens is 348 g/mol. The van der Waals surface area contributed by atoms with Crippen molar-refractivity contribution < 1.29 is 31.9 Å². The van der Waals surface area contributed by atoms with Crippen molar-refractivity contribution in [3.05, 3.63) is 0 Å². The number of nitrogens with zero attached hydrogens (tertiary/aromatic N) is 3. The minimum Gasteiger partial charge on any atom is -0.444 e. The van der Waals surface area contributed by atoms with Crippen molar-refractivity contribution in [1.29, 1.82) is 0 Å². The van der Waals surface area contributed by atoms with Crippen molar-refractivity contribution in [3.63, 3.8) is 0 Å². The molecule has 0 unspecified atom stereocenters. The standard InChI is InChI=1S/C14H20F4N4O3/c1-13(2,3)25-12(24)22-6-5-8(15)10(22)11(23)21-20-7-9(19-4)14(16,17)18/h7-8,10H,5-6H2,1-4H3,(H,21,23)/b19-9?,20-7-/t8-,10-/m0/s1. The Labute approximate surface area is 142 Å². The average Bonchev–Trinajstić information content (AvgIpc) is 2.82. The van der Waals surface area contributed by atoms with Crippen LogP contribution >= 0.6 is 0 Å². The molecule has 0 radical (unpaired) electrons. The van der Waals surface area contributed by atoms with Crippen molar-refractivity contribution in [2.24, 2.45) is 10.1 Å². The van der Waals surface area contributed by atoms with E-state index >= 15 is 0 Å². The van der Waals surface area contributed by atoms with Gasteiger partial charge in [-0.1, -0.05) is 0 Å². The molecule has 0 spiro atoms. The van der Waals surface area contributed by atoms with Gasteiger partial charge in [-0.3, -0.25) is 14.7 Å². The Morgan fingerprint density at radius 3 is 2.36 bits per heavy atom. The number of hydrogen-bond donors (Lipinski definition) is 1. The molecule has 1 saturated heterocycles. The van der Waals surface area contributed by atoms with Crippen molar-refractivity contribution >= 4 is 23.9 Å². The second-order valence-corrected chi connectivity index (χ2v) is 6.26. The van der Waals surface area contributed by atoms with Crippen molar-refractivity contribution in [3.8, 4) is 0 Å². The van der Waals surface area contributed by atoms with Crippen LogP contribution in [0.1, 0.15) is 27.2 Å². The molecule has 1 aliphatic rings. The predicted octanol–water partition coefficient (Wildman–Crippen LogP) is 2.07. The number of aliphatic imine (C=N–C) groups is 1. The van der Waals surface area contributed by atoms with Crippen LogP contribution in [0, 0.1) is 0 Å². The van der Waals surface area contributed by atoms with Crippen LogP contribution in [0.15, 0.2) is 10.1 Å². The van der Waals surface area contributed by atoms with Gasteiger partial charge in [-0.15, -0.1) is 0 Å². The van der Waals surface area contributed by atoms with Gasteiger partial charge < -0.3 is 4.74 Å². The van der Waals surface area contributed by atoms with Gasteiger partial charge in [0.25, 0.3) is 5.91 Å². The Kier molecular flexibility index (Phi) is 6.49. The fourth-order valence-electron chi connectivity index (χ4n) is 2.07. The van der Waals surface area contributed by atoms with Gasteiger partial charge >= 0.3 is 12.3 Å². The van der Waals surface area contributed by atoms with E-state index in [1.165, 1.54) is 0 Å². The van der Waals surface area contributed by atoms with Gasteiger partial charge in [-0.2, -0.15) is 18.3 Å². The summed E-state index contributed by atoms with van der Waals surface area (Å²) < 4.78 is 56.5. The van der Waals surface area contributed by atoms with Crippen molar-refractivity contribution in [2.45, 2.75) is 51.2 Å².